The second-order valence-corrected chi connectivity index (χ2v) is 7.86. The van der Waals surface area contributed by atoms with Crippen LogP contribution < -0.4 is 9.62 Å². The van der Waals surface area contributed by atoms with Crippen LogP contribution in [0.15, 0.2) is 54.6 Å². The Bertz CT molecular complexity index is 910. The van der Waals surface area contributed by atoms with E-state index >= 15 is 0 Å². The van der Waals surface area contributed by atoms with Gasteiger partial charge in [0.15, 0.2) is 0 Å². The fourth-order valence-corrected chi connectivity index (χ4v) is 4.55. The Hall–Kier alpha value is -2.67. The van der Waals surface area contributed by atoms with Crippen LogP contribution >= 0.6 is 0 Å². The quantitative estimate of drug-likeness (QED) is 0.905. The van der Waals surface area contributed by atoms with E-state index in [4.69, 9.17) is 0 Å². The molecule has 6 nitrogen and oxygen atoms in total. The molecule has 1 unspecified atom stereocenters. The van der Waals surface area contributed by atoms with Crippen molar-refractivity contribution in [1.29, 1.82) is 0 Å². The molecule has 7 heteroatoms. The van der Waals surface area contributed by atoms with Crippen LogP contribution in [0.2, 0.25) is 0 Å². The number of benzene rings is 2. The molecule has 0 spiro atoms. The van der Waals surface area contributed by atoms with Gasteiger partial charge in [0.25, 0.3) is 5.91 Å². The Labute approximate surface area is 146 Å². The predicted molar refractivity (Wildman–Crippen MR) is 94.5 cm³/mol. The SMILES string of the molecule is CC1CS(=O)(=O)N(c2cccc(C(=O)NCc3ccccc3)c2)C1=O. The molecule has 0 radical (unpaired) electrons. The third-order valence-electron chi connectivity index (χ3n) is 4.00. The monoisotopic (exact) mass is 358 g/mol. The minimum Gasteiger partial charge on any atom is -0.348 e. The molecule has 1 N–H and O–H groups in total. The van der Waals surface area contributed by atoms with Crippen molar-refractivity contribution in [3.63, 3.8) is 0 Å². The van der Waals surface area contributed by atoms with Crippen LogP contribution in [0, 0.1) is 5.92 Å². The van der Waals surface area contributed by atoms with Gasteiger partial charge in [-0.2, -0.15) is 0 Å². The maximum atomic E-state index is 12.3. The third-order valence-corrected chi connectivity index (χ3v) is 5.87. The molecule has 0 aromatic heterocycles. The summed E-state index contributed by atoms with van der Waals surface area (Å²) in [6, 6.07) is 15.5. The molecule has 1 atom stereocenters. The van der Waals surface area contributed by atoms with Gasteiger partial charge in [-0.05, 0) is 23.8 Å². The van der Waals surface area contributed by atoms with Gasteiger partial charge >= 0.3 is 0 Å². The van der Waals surface area contributed by atoms with Gasteiger partial charge in [-0.15, -0.1) is 0 Å². The Kier molecular flexibility index (Phi) is 4.59. The highest BCUT2D eigenvalue weighted by atomic mass is 32.2. The highest BCUT2D eigenvalue weighted by Crippen LogP contribution is 2.28. The molecule has 2 amide bonds. The zero-order chi connectivity index (χ0) is 18.0. The van der Waals surface area contributed by atoms with E-state index in [9.17, 15) is 18.0 Å². The lowest BCUT2D eigenvalue weighted by molar-refractivity contribution is -0.119. The summed E-state index contributed by atoms with van der Waals surface area (Å²) in [5.74, 6) is -1.60. The van der Waals surface area contributed by atoms with Crippen molar-refractivity contribution in [2.24, 2.45) is 5.92 Å². The molecule has 1 saturated heterocycles. The molecule has 0 aliphatic carbocycles. The highest BCUT2D eigenvalue weighted by Gasteiger charge is 2.42. The van der Waals surface area contributed by atoms with E-state index in [0.29, 0.717) is 12.1 Å². The second-order valence-electron chi connectivity index (χ2n) is 6.00. The van der Waals surface area contributed by atoms with Gasteiger partial charge in [-0.3, -0.25) is 9.59 Å². The molecule has 25 heavy (non-hydrogen) atoms. The minimum atomic E-state index is -3.68. The van der Waals surface area contributed by atoms with Gasteiger partial charge in [0.1, 0.15) is 0 Å². The highest BCUT2D eigenvalue weighted by molar-refractivity contribution is 7.94. The molecule has 0 saturated carbocycles. The summed E-state index contributed by atoms with van der Waals surface area (Å²) in [7, 11) is -3.68. The molecule has 130 valence electrons. The first-order valence-corrected chi connectivity index (χ1v) is 9.48. The largest absolute Gasteiger partial charge is 0.348 e. The van der Waals surface area contributed by atoms with E-state index in [1.165, 1.54) is 12.1 Å². The molecule has 1 aliphatic heterocycles. The van der Waals surface area contributed by atoms with Gasteiger partial charge in [0.2, 0.25) is 15.9 Å². The Balaban J connectivity index is 1.80. The molecule has 2 aromatic rings. The van der Waals surface area contributed by atoms with Crippen LogP contribution in [0.3, 0.4) is 0 Å². The molecular formula is C18H18N2O4S. The molecule has 2 aromatic carbocycles. The zero-order valence-corrected chi connectivity index (χ0v) is 14.5. The first-order valence-electron chi connectivity index (χ1n) is 7.87. The normalized spacial score (nSPS) is 19.0. The van der Waals surface area contributed by atoms with Gasteiger partial charge in [-0.25, -0.2) is 12.7 Å². The van der Waals surface area contributed by atoms with E-state index < -0.39 is 21.8 Å². The molecular weight excluding hydrogens is 340 g/mol. The number of amides is 2. The lowest BCUT2D eigenvalue weighted by Crippen LogP contribution is -2.30. The van der Waals surface area contributed by atoms with E-state index in [1.54, 1.807) is 19.1 Å². The van der Waals surface area contributed by atoms with Crippen molar-refractivity contribution in [3.05, 3.63) is 65.7 Å². The van der Waals surface area contributed by atoms with Crippen LogP contribution in [0.5, 0.6) is 0 Å². The van der Waals surface area contributed by atoms with Crippen LogP contribution in [0.1, 0.15) is 22.8 Å². The number of hydrogen-bond acceptors (Lipinski definition) is 4. The van der Waals surface area contributed by atoms with Gasteiger partial charge in [-0.1, -0.05) is 43.3 Å². The van der Waals surface area contributed by atoms with Crippen molar-refractivity contribution in [1.82, 2.24) is 5.32 Å². The maximum Gasteiger partial charge on any atom is 0.251 e. The lowest BCUT2D eigenvalue weighted by Gasteiger charge is -2.16. The van der Waals surface area contributed by atoms with E-state index in [1.807, 2.05) is 30.3 Å². The Morgan fingerprint density at radius 2 is 1.88 bits per heavy atom. The van der Waals surface area contributed by atoms with Crippen LogP contribution in [0.25, 0.3) is 0 Å². The predicted octanol–water partition coefficient (Wildman–Crippen LogP) is 1.93. The summed E-state index contributed by atoms with van der Waals surface area (Å²) in [6.45, 7) is 1.94. The first kappa shape index (κ1) is 17.2. The number of nitrogens with one attached hydrogen (secondary N) is 1. The Morgan fingerprint density at radius 1 is 1.16 bits per heavy atom. The number of carbonyl (C=O) groups is 2. The topological polar surface area (TPSA) is 83.6 Å². The van der Waals surface area contributed by atoms with E-state index in [-0.39, 0.29) is 17.3 Å². The maximum absolute atomic E-state index is 12.3. The lowest BCUT2D eigenvalue weighted by atomic mass is 10.1. The molecule has 1 heterocycles. The Morgan fingerprint density at radius 3 is 2.52 bits per heavy atom. The van der Waals surface area contributed by atoms with E-state index in [0.717, 1.165) is 9.87 Å². The van der Waals surface area contributed by atoms with Crippen LogP contribution in [0.4, 0.5) is 5.69 Å². The summed E-state index contributed by atoms with van der Waals surface area (Å²) in [5, 5.41) is 2.78. The fourth-order valence-electron chi connectivity index (χ4n) is 2.74. The third kappa shape index (κ3) is 3.56. The van der Waals surface area contributed by atoms with Crippen LogP contribution in [-0.4, -0.2) is 26.0 Å². The number of nitrogens with zero attached hydrogens (tertiary/aromatic N) is 1. The summed E-state index contributed by atoms with van der Waals surface area (Å²) >= 11 is 0. The molecule has 3 rings (SSSR count). The summed E-state index contributed by atoms with van der Waals surface area (Å²) in [6.07, 6.45) is 0. The average molecular weight is 358 g/mol. The van der Waals surface area contributed by atoms with Crippen molar-refractivity contribution in [2.45, 2.75) is 13.5 Å². The van der Waals surface area contributed by atoms with Crippen molar-refractivity contribution in [2.75, 3.05) is 10.1 Å². The van der Waals surface area contributed by atoms with E-state index in [2.05, 4.69) is 5.32 Å². The number of sulfonamides is 1. The zero-order valence-electron chi connectivity index (χ0n) is 13.7. The summed E-state index contributed by atoms with van der Waals surface area (Å²) < 4.78 is 25.2. The number of rotatable bonds is 4. The van der Waals surface area contributed by atoms with Crippen LogP contribution in [-0.2, 0) is 21.4 Å². The fraction of sp³-hybridized carbons (Fsp3) is 0.222. The summed E-state index contributed by atoms with van der Waals surface area (Å²) in [5.41, 5.74) is 1.45. The standard InChI is InChI=1S/C18H18N2O4S/c1-13-12-25(23,24)20(18(13)22)16-9-5-8-15(10-16)17(21)19-11-14-6-3-2-4-7-14/h2-10,13H,11-12H2,1H3,(H,19,21). The average Bonchev–Trinajstić information content (AvgIpc) is 2.81. The minimum absolute atomic E-state index is 0.196. The number of anilines is 1. The van der Waals surface area contributed by atoms with Gasteiger partial charge in [0.05, 0.1) is 17.4 Å². The smallest absolute Gasteiger partial charge is 0.251 e. The van der Waals surface area contributed by atoms with Gasteiger partial charge in [0, 0.05) is 12.1 Å². The number of hydrogen-bond donors (Lipinski definition) is 1. The van der Waals surface area contributed by atoms with Gasteiger partial charge < -0.3 is 5.32 Å². The molecule has 1 aliphatic rings. The molecule has 0 bridgehead atoms. The number of carbonyl (C=O) groups excluding carboxylic acids is 2. The van der Waals surface area contributed by atoms with Crippen molar-refractivity contribution >= 4 is 27.5 Å². The summed E-state index contributed by atoms with van der Waals surface area (Å²) in [4.78, 5) is 24.5. The second kappa shape index (κ2) is 6.68. The van der Waals surface area contributed by atoms with Crippen molar-refractivity contribution in [3.8, 4) is 0 Å². The molecule has 1 fully saturated rings. The first-order chi connectivity index (χ1) is 11.9. The van der Waals surface area contributed by atoms with Crippen molar-refractivity contribution < 1.29 is 18.0 Å².